The van der Waals surface area contributed by atoms with E-state index in [4.69, 9.17) is 0 Å². The fourth-order valence-electron chi connectivity index (χ4n) is 1.89. The zero-order valence-corrected chi connectivity index (χ0v) is 11.7. The summed E-state index contributed by atoms with van der Waals surface area (Å²) in [6.45, 7) is 0. The molecule has 4 nitrogen and oxygen atoms in total. The van der Waals surface area contributed by atoms with Gasteiger partial charge in [-0.2, -0.15) is 0 Å². The van der Waals surface area contributed by atoms with Gasteiger partial charge in [0.2, 0.25) is 11.0 Å². The molecular weight excluding hydrogens is 268 g/mol. The summed E-state index contributed by atoms with van der Waals surface area (Å²) in [6.07, 6.45) is 1.90. The average Bonchev–Trinajstić information content (AvgIpc) is 2.56. The Morgan fingerprint density at radius 2 is 1.35 bits per heavy atom. The molecule has 0 aliphatic rings. The van der Waals surface area contributed by atoms with Crippen LogP contribution in [0.5, 0.6) is 0 Å². The molecule has 0 radical (unpaired) electrons. The zero-order valence-electron chi connectivity index (χ0n) is 10.9. The van der Waals surface area contributed by atoms with Crippen LogP contribution in [0, 0.1) is 0 Å². The molecule has 0 aliphatic heterocycles. The zero-order chi connectivity index (χ0) is 13.8. The molecule has 0 saturated heterocycles. The van der Waals surface area contributed by atoms with Crippen LogP contribution >= 0.6 is 11.8 Å². The van der Waals surface area contributed by atoms with E-state index in [1.54, 1.807) is 0 Å². The molecule has 0 atom stereocenters. The van der Waals surface area contributed by atoms with Crippen molar-refractivity contribution in [2.75, 3.05) is 6.26 Å². The van der Waals surface area contributed by atoms with Gasteiger partial charge in [0.15, 0.2) is 0 Å². The van der Waals surface area contributed by atoms with E-state index in [1.165, 1.54) is 11.8 Å². The molecule has 0 bridgehead atoms. The molecule has 1 heterocycles. The van der Waals surface area contributed by atoms with Crippen LogP contribution in [0.3, 0.4) is 0 Å². The molecule has 5 heteroatoms. The highest BCUT2D eigenvalue weighted by Crippen LogP contribution is 2.23. The maximum atomic E-state index is 4.11. The molecule has 0 amide bonds. The first kappa shape index (κ1) is 12.7. The standard InChI is InChI=1S/C15H12N4S/c1-20-15-18-16-14(17-19-15)13-9-5-8-12(10-13)11-6-3-2-4-7-11/h2-10H,1H3. The normalized spacial score (nSPS) is 10.4. The first-order valence-electron chi connectivity index (χ1n) is 6.14. The average molecular weight is 280 g/mol. The third-order valence-corrected chi connectivity index (χ3v) is 3.40. The Hall–Kier alpha value is -2.27. The van der Waals surface area contributed by atoms with Crippen molar-refractivity contribution in [1.82, 2.24) is 20.4 Å². The summed E-state index contributed by atoms with van der Waals surface area (Å²) in [4.78, 5) is 0. The number of thioether (sulfide) groups is 1. The molecular formula is C15H12N4S. The van der Waals surface area contributed by atoms with E-state index in [1.807, 2.05) is 42.7 Å². The predicted octanol–water partition coefficient (Wildman–Crippen LogP) is 3.32. The number of nitrogens with zero attached hydrogens (tertiary/aromatic N) is 4. The number of hydrogen-bond acceptors (Lipinski definition) is 5. The molecule has 20 heavy (non-hydrogen) atoms. The Morgan fingerprint density at radius 1 is 0.700 bits per heavy atom. The van der Waals surface area contributed by atoms with Gasteiger partial charge in [0, 0.05) is 5.56 Å². The van der Waals surface area contributed by atoms with Gasteiger partial charge < -0.3 is 0 Å². The van der Waals surface area contributed by atoms with Crippen LogP contribution in [0.15, 0.2) is 59.8 Å². The van der Waals surface area contributed by atoms with Gasteiger partial charge in [0.1, 0.15) is 0 Å². The lowest BCUT2D eigenvalue weighted by Crippen LogP contribution is -1.97. The summed E-state index contributed by atoms with van der Waals surface area (Å²) < 4.78 is 0. The third-order valence-electron chi connectivity index (χ3n) is 2.87. The molecule has 2 aromatic carbocycles. The highest BCUT2D eigenvalue weighted by atomic mass is 32.2. The third kappa shape index (κ3) is 2.67. The maximum absolute atomic E-state index is 4.11. The minimum absolute atomic E-state index is 0.542. The highest BCUT2D eigenvalue weighted by molar-refractivity contribution is 7.98. The van der Waals surface area contributed by atoms with Crippen molar-refractivity contribution in [2.45, 2.75) is 5.16 Å². The quantitative estimate of drug-likeness (QED) is 0.689. The number of hydrogen-bond donors (Lipinski definition) is 0. The molecule has 0 N–H and O–H groups in total. The van der Waals surface area contributed by atoms with Crippen LogP contribution in [-0.2, 0) is 0 Å². The molecule has 0 unspecified atom stereocenters. The van der Waals surface area contributed by atoms with Gasteiger partial charge in [0.05, 0.1) is 0 Å². The predicted molar refractivity (Wildman–Crippen MR) is 80.3 cm³/mol. The smallest absolute Gasteiger partial charge is 0.125 e. The molecule has 1 aromatic heterocycles. The van der Waals surface area contributed by atoms with Crippen LogP contribution < -0.4 is 0 Å². The first-order chi connectivity index (χ1) is 9.86. The molecule has 3 rings (SSSR count). The monoisotopic (exact) mass is 280 g/mol. The lowest BCUT2D eigenvalue weighted by molar-refractivity contribution is 0.755. The van der Waals surface area contributed by atoms with Crippen LogP contribution in [-0.4, -0.2) is 26.7 Å². The van der Waals surface area contributed by atoms with Crippen LogP contribution in [0.4, 0.5) is 0 Å². The van der Waals surface area contributed by atoms with E-state index < -0.39 is 0 Å². The van der Waals surface area contributed by atoms with Crippen molar-refractivity contribution in [3.05, 3.63) is 54.6 Å². The summed E-state index contributed by atoms with van der Waals surface area (Å²) in [5, 5.41) is 16.8. The first-order valence-corrected chi connectivity index (χ1v) is 7.36. The fourth-order valence-corrected chi connectivity index (χ4v) is 2.13. The second-order valence-electron chi connectivity index (χ2n) is 4.16. The second-order valence-corrected chi connectivity index (χ2v) is 4.93. The number of aromatic nitrogens is 4. The van der Waals surface area contributed by atoms with Crippen molar-refractivity contribution < 1.29 is 0 Å². The lowest BCUT2D eigenvalue weighted by Gasteiger charge is -2.04. The van der Waals surface area contributed by atoms with Crippen molar-refractivity contribution in [1.29, 1.82) is 0 Å². The molecule has 0 fully saturated rings. The van der Waals surface area contributed by atoms with Gasteiger partial charge in [-0.3, -0.25) is 0 Å². The molecule has 0 saturated carbocycles. The Kier molecular flexibility index (Phi) is 3.69. The Balaban J connectivity index is 1.98. The van der Waals surface area contributed by atoms with Crippen molar-refractivity contribution in [3.63, 3.8) is 0 Å². The van der Waals surface area contributed by atoms with Gasteiger partial charge in [-0.15, -0.1) is 20.4 Å². The van der Waals surface area contributed by atoms with Crippen LogP contribution in [0.2, 0.25) is 0 Å². The van der Waals surface area contributed by atoms with Gasteiger partial charge in [-0.1, -0.05) is 60.3 Å². The van der Waals surface area contributed by atoms with Crippen molar-refractivity contribution >= 4 is 11.8 Å². The lowest BCUT2D eigenvalue weighted by atomic mass is 10.0. The van der Waals surface area contributed by atoms with E-state index in [0.717, 1.165) is 16.7 Å². The minimum Gasteiger partial charge on any atom is -0.125 e. The van der Waals surface area contributed by atoms with E-state index >= 15 is 0 Å². The van der Waals surface area contributed by atoms with Crippen molar-refractivity contribution in [3.8, 4) is 22.5 Å². The number of benzene rings is 2. The van der Waals surface area contributed by atoms with Gasteiger partial charge in [-0.25, -0.2) is 0 Å². The van der Waals surface area contributed by atoms with Crippen molar-refractivity contribution in [2.24, 2.45) is 0 Å². The maximum Gasteiger partial charge on any atom is 0.229 e. The highest BCUT2D eigenvalue weighted by Gasteiger charge is 2.05. The Bertz CT molecular complexity index is 699. The van der Waals surface area contributed by atoms with Gasteiger partial charge in [0.25, 0.3) is 0 Å². The van der Waals surface area contributed by atoms with E-state index in [9.17, 15) is 0 Å². The topological polar surface area (TPSA) is 51.6 Å². The summed E-state index contributed by atoms with van der Waals surface area (Å²) >= 11 is 1.43. The molecule has 98 valence electrons. The Labute approximate surface area is 121 Å². The van der Waals surface area contributed by atoms with E-state index in [-0.39, 0.29) is 0 Å². The molecule has 0 aliphatic carbocycles. The molecule has 3 aromatic rings. The summed E-state index contributed by atoms with van der Waals surface area (Å²) in [7, 11) is 0. The largest absolute Gasteiger partial charge is 0.229 e. The summed E-state index contributed by atoms with van der Waals surface area (Å²) in [6, 6.07) is 18.3. The minimum atomic E-state index is 0.542. The fraction of sp³-hybridized carbons (Fsp3) is 0.0667. The summed E-state index contributed by atoms with van der Waals surface area (Å²) in [5.41, 5.74) is 3.20. The van der Waals surface area contributed by atoms with Gasteiger partial charge in [-0.05, 0) is 23.4 Å². The second kappa shape index (κ2) is 5.79. The molecule has 0 spiro atoms. The van der Waals surface area contributed by atoms with Crippen LogP contribution in [0.25, 0.3) is 22.5 Å². The number of rotatable bonds is 3. The van der Waals surface area contributed by atoms with Crippen LogP contribution in [0.1, 0.15) is 0 Å². The summed E-state index contributed by atoms with van der Waals surface area (Å²) in [5.74, 6) is 0.542. The van der Waals surface area contributed by atoms with Gasteiger partial charge >= 0.3 is 0 Å². The van der Waals surface area contributed by atoms with E-state index in [2.05, 4.69) is 38.6 Å². The van der Waals surface area contributed by atoms with E-state index in [0.29, 0.717) is 11.0 Å². The SMILES string of the molecule is CSc1nnc(-c2cccc(-c3ccccc3)c2)nn1. The Morgan fingerprint density at radius 3 is 2.05 bits per heavy atom.